The summed E-state index contributed by atoms with van der Waals surface area (Å²) in [7, 11) is 0. The number of ether oxygens (including phenoxy) is 1. The van der Waals surface area contributed by atoms with Crippen molar-refractivity contribution < 1.29 is 19.5 Å². The lowest BCUT2D eigenvalue weighted by Crippen LogP contribution is -2.35. The summed E-state index contributed by atoms with van der Waals surface area (Å²) < 4.78 is 11.1. The van der Waals surface area contributed by atoms with Crippen molar-refractivity contribution in [3.63, 3.8) is 0 Å². The molecule has 4 N–H and O–H groups in total. The highest BCUT2D eigenvalue weighted by Crippen LogP contribution is 2.26. The van der Waals surface area contributed by atoms with Gasteiger partial charge >= 0.3 is 0 Å². The average Bonchev–Trinajstić information content (AvgIpc) is 3.13. The highest BCUT2D eigenvalue weighted by molar-refractivity contribution is 5.95. The van der Waals surface area contributed by atoms with Gasteiger partial charge < -0.3 is 25.2 Å². The molecule has 0 aliphatic heterocycles. The van der Waals surface area contributed by atoms with Gasteiger partial charge in [0.2, 0.25) is 5.88 Å². The molecule has 0 radical (unpaired) electrons. The molecule has 10 nitrogen and oxygen atoms in total. The van der Waals surface area contributed by atoms with Crippen LogP contribution < -0.4 is 10.5 Å². The molecule has 0 spiro atoms. The molecule has 3 heterocycles. The molecule has 0 aliphatic carbocycles. The summed E-state index contributed by atoms with van der Waals surface area (Å²) in [5, 5.41) is 30.8. The molecule has 0 amide bonds. The lowest BCUT2D eigenvalue weighted by molar-refractivity contribution is 0.135. The molecule has 0 atom stereocenters. The van der Waals surface area contributed by atoms with Gasteiger partial charge in [-0.2, -0.15) is 0 Å². The van der Waals surface area contributed by atoms with E-state index in [9.17, 15) is 10.2 Å². The summed E-state index contributed by atoms with van der Waals surface area (Å²) in [5.41, 5.74) is 8.31. The highest BCUT2D eigenvalue weighted by atomic mass is 16.5. The second-order valence-electron chi connectivity index (χ2n) is 7.11. The number of rotatable bonds is 8. The van der Waals surface area contributed by atoms with Crippen LogP contribution in [0.3, 0.4) is 0 Å². The number of aliphatic hydroxyl groups is 2. The number of aromatic nitrogens is 4. The van der Waals surface area contributed by atoms with Gasteiger partial charge in [0.05, 0.1) is 18.8 Å². The van der Waals surface area contributed by atoms with Crippen molar-refractivity contribution in [1.29, 1.82) is 0 Å². The smallest absolute Gasteiger partial charge is 0.233 e. The monoisotopic (exact) mass is 412 g/mol. The zero-order chi connectivity index (χ0) is 21.7. The number of pyridine rings is 1. The van der Waals surface area contributed by atoms with E-state index in [0.29, 0.717) is 17.1 Å². The van der Waals surface area contributed by atoms with Crippen LogP contribution in [0.25, 0.3) is 11.3 Å². The maximum atomic E-state index is 9.33. The van der Waals surface area contributed by atoms with Gasteiger partial charge in [0.25, 0.3) is 0 Å². The van der Waals surface area contributed by atoms with Crippen molar-refractivity contribution in [1.82, 2.24) is 20.3 Å². The van der Waals surface area contributed by atoms with E-state index in [2.05, 4.69) is 25.3 Å². The Kier molecular flexibility index (Phi) is 6.38. The van der Waals surface area contributed by atoms with Gasteiger partial charge in [-0.15, -0.1) is 10.2 Å². The van der Waals surface area contributed by atoms with Crippen molar-refractivity contribution in [2.75, 3.05) is 13.2 Å². The van der Waals surface area contributed by atoms with Gasteiger partial charge in [-0.1, -0.05) is 5.16 Å². The molecule has 0 unspecified atom stereocenters. The lowest BCUT2D eigenvalue weighted by Gasteiger charge is -2.19. The van der Waals surface area contributed by atoms with E-state index in [4.69, 9.17) is 15.0 Å². The van der Waals surface area contributed by atoms with Crippen LogP contribution in [0.15, 0.2) is 40.0 Å². The second kappa shape index (κ2) is 8.97. The quantitative estimate of drug-likeness (QED) is 0.365. The van der Waals surface area contributed by atoms with Crippen molar-refractivity contribution in [2.24, 2.45) is 10.7 Å². The van der Waals surface area contributed by atoms with E-state index in [1.807, 2.05) is 26.0 Å². The SMILES string of the molecule is Cc1ccc(-c2noc(C)c2COc2ccc(C(N)=NC(C)(CO)CO)nn2)cn1. The van der Waals surface area contributed by atoms with Gasteiger partial charge in [0.1, 0.15) is 35.1 Å². The van der Waals surface area contributed by atoms with Crippen LogP contribution in [-0.2, 0) is 6.61 Å². The van der Waals surface area contributed by atoms with Crippen LogP contribution >= 0.6 is 0 Å². The Morgan fingerprint density at radius 3 is 2.53 bits per heavy atom. The first-order chi connectivity index (χ1) is 14.3. The Bertz CT molecular complexity index is 1010. The molecule has 3 aromatic rings. The fraction of sp³-hybridized carbons (Fsp3) is 0.350. The first-order valence-corrected chi connectivity index (χ1v) is 9.27. The molecular formula is C20H24N6O4. The summed E-state index contributed by atoms with van der Waals surface area (Å²) in [6, 6.07) is 7.03. The summed E-state index contributed by atoms with van der Waals surface area (Å²) >= 11 is 0. The number of hydrogen-bond acceptors (Lipinski definition) is 9. The van der Waals surface area contributed by atoms with Gasteiger partial charge in [-0.3, -0.25) is 9.98 Å². The highest BCUT2D eigenvalue weighted by Gasteiger charge is 2.22. The molecule has 0 aromatic carbocycles. The minimum Gasteiger partial charge on any atom is -0.472 e. The minimum atomic E-state index is -1.09. The summed E-state index contributed by atoms with van der Waals surface area (Å²) in [5.74, 6) is 0.981. The Labute approximate surface area is 173 Å². The van der Waals surface area contributed by atoms with Crippen molar-refractivity contribution in [3.05, 3.63) is 53.2 Å². The first kappa shape index (κ1) is 21.3. The van der Waals surface area contributed by atoms with Gasteiger partial charge in [0.15, 0.2) is 0 Å². The third kappa shape index (κ3) is 4.78. The molecule has 0 aliphatic rings. The van der Waals surface area contributed by atoms with Crippen LogP contribution in [0.2, 0.25) is 0 Å². The predicted octanol–water partition coefficient (Wildman–Crippen LogP) is 1.17. The van der Waals surface area contributed by atoms with Crippen molar-refractivity contribution >= 4 is 5.84 Å². The average molecular weight is 412 g/mol. The van der Waals surface area contributed by atoms with Crippen LogP contribution in [0.1, 0.15) is 29.6 Å². The molecular weight excluding hydrogens is 388 g/mol. The molecule has 0 saturated carbocycles. The van der Waals surface area contributed by atoms with Crippen LogP contribution in [0, 0.1) is 13.8 Å². The standard InChI is InChI=1S/C20H24N6O4/c1-12-4-5-14(8-22-12)18-15(13(2)30-26-18)9-29-17-7-6-16(24-25-17)19(21)23-20(3,10-27)11-28/h4-8,27-28H,9-11H2,1-3H3,(H2,21,23). The summed E-state index contributed by atoms with van der Waals surface area (Å²) in [6.07, 6.45) is 1.74. The lowest BCUT2D eigenvalue weighted by atomic mass is 10.1. The van der Waals surface area contributed by atoms with Crippen molar-refractivity contribution in [3.8, 4) is 17.1 Å². The van der Waals surface area contributed by atoms with E-state index < -0.39 is 5.54 Å². The zero-order valence-electron chi connectivity index (χ0n) is 17.0. The molecule has 158 valence electrons. The van der Waals surface area contributed by atoms with E-state index in [0.717, 1.165) is 16.8 Å². The predicted molar refractivity (Wildman–Crippen MR) is 109 cm³/mol. The molecule has 30 heavy (non-hydrogen) atoms. The molecule has 3 rings (SSSR count). The van der Waals surface area contributed by atoms with Crippen LogP contribution in [0.4, 0.5) is 0 Å². The topological polar surface area (TPSA) is 153 Å². The van der Waals surface area contributed by atoms with Crippen molar-refractivity contribution in [2.45, 2.75) is 32.9 Å². The van der Waals surface area contributed by atoms with Gasteiger partial charge in [-0.25, -0.2) is 0 Å². The second-order valence-corrected chi connectivity index (χ2v) is 7.11. The Morgan fingerprint density at radius 1 is 1.17 bits per heavy atom. The largest absolute Gasteiger partial charge is 0.472 e. The zero-order valence-corrected chi connectivity index (χ0v) is 17.0. The third-order valence-electron chi connectivity index (χ3n) is 4.51. The Hall–Kier alpha value is -3.37. The Morgan fingerprint density at radius 2 is 1.93 bits per heavy atom. The van der Waals surface area contributed by atoms with E-state index in [-0.39, 0.29) is 31.5 Å². The maximum absolute atomic E-state index is 9.33. The van der Waals surface area contributed by atoms with Gasteiger partial charge in [0, 0.05) is 23.5 Å². The van der Waals surface area contributed by atoms with Gasteiger partial charge in [-0.05, 0) is 39.0 Å². The van der Waals surface area contributed by atoms with Crippen LogP contribution in [-0.4, -0.2) is 55.1 Å². The molecule has 3 aromatic heterocycles. The normalized spacial score (nSPS) is 12.2. The number of amidine groups is 1. The molecule has 0 saturated heterocycles. The fourth-order valence-electron chi connectivity index (χ4n) is 2.54. The third-order valence-corrected chi connectivity index (χ3v) is 4.51. The number of hydrogen-bond donors (Lipinski definition) is 3. The number of nitrogens with two attached hydrogens (primary N) is 1. The van der Waals surface area contributed by atoms with Crippen LogP contribution in [0.5, 0.6) is 5.88 Å². The van der Waals surface area contributed by atoms with E-state index in [1.165, 1.54) is 0 Å². The first-order valence-electron chi connectivity index (χ1n) is 9.27. The van der Waals surface area contributed by atoms with E-state index >= 15 is 0 Å². The molecule has 10 heteroatoms. The number of nitrogens with zero attached hydrogens (tertiary/aromatic N) is 5. The fourth-order valence-corrected chi connectivity index (χ4v) is 2.54. The Balaban J connectivity index is 1.73. The molecule has 0 fully saturated rings. The minimum absolute atomic E-state index is 0.0590. The number of aryl methyl sites for hydroxylation is 2. The summed E-state index contributed by atoms with van der Waals surface area (Å²) in [6.45, 7) is 4.78. The summed E-state index contributed by atoms with van der Waals surface area (Å²) in [4.78, 5) is 8.41. The molecule has 0 bridgehead atoms. The number of aliphatic hydroxyl groups excluding tert-OH is 2. The number of aliphatic imine (C=N–C) groups is 1. The van der Waals surface area contributed by atoms with E-state index in [1.54, 1.807) is 25.3 Å². The maximum Gasteiger partial charge on any atom is 0.233 e.